The summed E-state index contributed by atoms with van der Waals surface area (Å²) in [5.41, 5.74) is 1.64. The Morgan fingerprint density at radius 1 is 1.35 bits per heavy atom. The average molecular weight is 369 g/mol. The summed E-state index contributed by atoms with van der Waals surface area (Å²) < 4.78 is 6.86. The van der Waals surface area contributed by atoms with Crippen molar-refractivity contribution in [1.82, 2.24) is 14.9 Å². The van der Waals surface area contributed by atoms with Crippen molar-refractivity contribution in [3.05, 3.63) is 52.4 Å². The van der Waals surface area contributed by atoms with Crippen molar-refractivity contribution in [2.24, 2.45) is 0 Å². The molecule has 0 saturated carbocycles. The maximum Gasteiger partial charge on any atom is 0.263 e. The van der Waals surface area contributed by atoms with Gasteiger partial charge in [0.05, 0.1) is 17.8 Å². The standard InChI is InChI=1S/C19H19N3O3S/c23-16(20-9-14-7-4-8-25-14)10-22-12-21-18-17(19(22)24)15(11-26-18)13-5-2-1-3-6-13/h1-3,5-6,11-12,14H,4,7-10H2,(H,20,23)/t14-/m0/s1. The number of nitrogens with zero attached hydrogens (tertiary/aromatic N) is 2. The summed E-state index contributed by atoms with van der Waals surface area (Å²) in [6.07, 6.45) is 3.52. The molecule has 3 heterocycles. The van der Waals surface area contributed by atoms with Crippen molar-refractivity contribution in [3.63, 3.8) is 0 Å². The molecule has 0 aliphatic carbocycles. The maximum atomic E-state index is 12.9. The van der Waals surface area contributed by atoms with Gasteiger partial charge in [-0.3, -0.25) is 14.2 Å². The van der Waals surface area contributed by atoms with Crippen molar-refractivity contribution in [2.45, 2.75) is 25.5 Å². The molecular formula is C19H19N3O3S. The molecular weight excluding hydrogens is 350 g/mol. The van der Waals surface area contributed by atoms with E-state index in [0.29, 0.717) is 16.8 Å². The summed E-state index contributed by atoms with van der Waals surface area (Å²) in [4.78, 5) is 30.1. The second-order valence-corrected chi connectivity index (χ2v) is 7.17. The highest BCUT2D eigenvalue weighted by Gasteiger charge is 2.17. The van der Waals surface area contributed by atoms with Crippen LogP contribution < -0.4 is 10.9 Å². The van der Waals surface area contributed by atoms with Gasteiger partial charge in [0, 0.05) is 24.1 Å². The third-order valence-electron chi connectivity index (χ3n) is 4.51. The summed E-state index contributed by atoms with van der Waals surface area (Å²) in [5.74, 6) is -0.208. The summed E-state index contributed by atoms with van der Waals surface area (Å²) >= 11 is 1.44. The van der Waals surface area contributed by atoms with Crippen molar-refractivity contribution < 1.29 is 9.53 Å². The molecule has 0 radical (unpaired) electrons. The van der Waals surface area contributed by atoms with Crippen LogP contribution in [0, 0.1) is 0 Å². The fourth-order valence-corrected chi connectivity index (χ4v) is 4.06. The van der Waals surface area contributed by atoms with E-state index < -0.39 is 0 Å². The van der Waals surface area contributed by atoms with Crippen molar-refractivity contribution >= 4 is 27.5 Å². The van der Waals surface area contributed by atoms with Crippen LogP contribution in [0.5, 0.6) is 0 Å². The summed E-state index contributed by atoms with van der Waals surface area (Å²) in [6.45, 7) is 1.19. The number of carbonyl (C=O) groups is 1. The molecule has 1 N–H and O–H groups in total. The fourth-order valence-electron chi connectivity index (χ4n) is 3.15. The zero-order valence-corrected chi connectivity index (χ0v) is 15.0. The largest absolute Gasteiger partial charge is 0.376 e. The van der Waals surface area contributed by atoms with E-state index in [2.05, 4.69) is 10.3 Å². The van der Waals surface area contributed by atoms with Crippen molar-refractivity contribution in [1.29, 1.82) is 0 Å². The normalized spacial score (nSPS) is 16.8. The minimum Gasteiger partial charge on any atom is -0.376 e. The molecule has 3 aromatic rings. The lowest BCUT2D eigenvalue weighted by molar-refractivity contribution is -0.122. The van der Waals surface area contributed by atoms with E-state index in [-0.39, 0.29) is 24.1 Å². The number of hydrogen-bond donors (Lipinski definition) is 1. The molecule has 1 atom stereocenters. The Kier molecular flexibility index (Phi) is 4.81. The number of amides is 1. The highest BCUT2D eigenvalue weighted by atomic mass is 32.1. The fraction of sp³-hybridized carbons (Fsp3) is 0.316. The Balaban J connectivity index is 1.57. The van der Waals surface area contributed by atoms with Crippen LogP contribution in [-0.2, 0) is 16.1 Å². The number of hydrogen-bond acceptors (Lipinski definition) is 5. The van der Waals surface area contributed by atoms with Gasteiger partial charge in [-0.15, -0.1) is 11.3 Å². The number of rotatable bonds is 5. The van der Waals surface area contributed by atoms with Crippen LogP contribution in [-0.4, -0.2) is 34.7 Å². The van der Waals surface area contributed by atoms with Gasteiger partial charge in [0.2, 0.25) is 5.91 Å². The van der Waals surface area contributed by atoms with Gasteiger partial charge < -0.3 is 10.1 Å². The highest BCUT2D eigenvalue weighted by Crippen LogP contribution is 2.30. The predicted molar refractivity (Wildman–Crippen MR) is 101 cm³/mol. The third kappa shape index (κ3) is 3.40. The van der Waals surface area contributed by atoms with E-state index in [0.717, 1.165) is 30.6 Å². The van der Waals surface area contributed by atoms with E-state index in [4.69, 9.17) is 4.74 Å². The Labute approximate surface area is 154 Å². The Bertz CT molecular complexity index is 975. The number of nitrogens with one attached hydrogen (secondary N) is 1. The zero-order chi connectivity index (χ0) is 17.9. The van der Waals surface area contributed by atoms with Gasteiger partial charge in [0.1, 0.15) is 11.4 Å². The third-order valence-corrected chi connectivity index (χ3v) is 5.40. The predicted octanol–water partition coefficient (Wildman–Crippen LogP) is 2.42. The van der Waals surface area contributed by atoms with E-state index in [9.17, 15) is 9.59 Å². The van der Waals surface area contributed by atoms with E-state index in [1.807, 2.05) is 35.7 Å². The molecule has 1 fully saturated rings. The van der Waals surface area contributed by atoms with Crippen LogP contribution in [0.1, 0.15) is 12.8 Å². The lowest BCUT2D eigenvalue weighted by Gasteiger charge is -2.11. The van der Waals surface area contributed by atoms with E-state index >= 15 is 0 Å². The van der Waals surface area contributed by atoms with Crippen LogP contribution in [0.2, 0.25) is 0 Å². The molecule has 134 valence electrons. The molecule has 1 aliphatic heterocycles. The first kappa shape index (κ1) is 16.9. The Morgan fingerprint density at radius 3 is 2.96 bits per heavy atom. The van der Waals surface area contributed by atoms with Gasteiger partial charge in [0.15, 0.2) is 0 Å². The SMILES string of the molecule is O=C(Cn1cnc2scc(-c3ccccc3)c2c1=O)NC[C@@H]1CCCO1. The van der Waals surface area contributed by atoms with Crippen molar-refractivity contribution in [3.8, 4) is 11.1 Å². The second-order valence-electron chi connectivity index (χ2n) is 6.31. The molecule has 2 aromatic heterocycles. The van der Waals surface area contributed by atoms with Gasteiger partial charge in [-0.25, -0.2) is 4.98 Å². The Morgan fingerprint density at radius 2 is 2.19 bits per heavy atom. The number of carbonyl (C=O) groups excluding carboxylic acids is 1. The maximum absolute atomic E-state index is 12.9. The van der Waals surface area contributed by atoms with Crippen molar-refractivity contribution in [2.75, 3.05) is 13.2 Å². The smallest absolute Gasteiger partial charge is 0.263 e. The monoisotopic (exact) mass is 369 g/mol. The zero-order valence-electron chi connectivity index (χ0n) is 14.2. The van der Waals surface area contributed by atoms with E-state index in [1.54, 1.807) is 0 Å². The number of thiophene rings is 1. The molecule has 1 saturated heterocycles. The molecule has 6 nitrogen and oxygen atoms in total. The molecule has 7 heteroatoms. The minimum atomic E-state index is -0.208. The van der Waals surface area contributed by atoms with Gasteiger partial charge in [-0.1, -0.05) is 30.3 Å². The lowest BCUT2D eigenvalue weighted by atomic mass is 10.1. The summed E-state index contributed by atoms with van der Waals surface area (Å²) in [7, 11) is 0. The topological polar surface area (TPSA) is 73.2 Å². The molecule has 4 rings (SSSR count). The van der Waals surface area contributed by atoms with Gasteiger partial charge in [-0.05, 0) is 18.4 Å². The average Bonchev–Trinajstić information content (AvgIpc) is 3.33. The number of aromatic nitrogens is 2. The minimum absolute atomic E-state index is 0.0431. The quantitative estimate of drug-likeness (QED) is 0.750. The number of benzene rings is 1. The van der Waals surface area contributed by atoms with Gasteiger partial charge in [0.25, 0.3) is 5.56 Å². The molecule has 0 spiro atoms. The van der Waals surface area contributed by atoms with Gasteiger partial charge in [-0.2, -0.15) is 0 Å². The molecule has 1 aromatic carbocycles. The highest BCUT2D eigenvalue weighted by molar-refractivity contribution is 7.17. The first-order valence-corrected chi connectivity index (χ1v) is 9.50. The summed E-state index contributed by atoms with van der Waals surface area (Å²) in [5, 5.41) is 5.35. The van der Waals surface area contributed by atoms with Crippen LogP contribution in [0.3, 0.4) is 0 Å². The number of fused-ring (bicyclic) bond motifs is 1. The first-order chi connectivity index (χ1) is 12.7. The molecule has 0 unspecified atom stereocenters. The van der Waals surface area contributed by atoms with E-state index in [1.165, 1.54) is 22.2 Å². The van der Waals surface area contributed by atoms with Crippen LogP contribution in [0.15, 0.2) is 46.8 Å². The van der Waals surface area contributed by atoms with Gasteiger partial charge >= 0.3 is 0 Å². The van der Waals surface area contributed by atoms with Crippen LogP contribution in [0.4, 0.5) is 0 Å². The Hall–Kier alpha value is -2.51. The summed E-state index contributed by atoms with van der Waals surface area (Å²) in [6, 6.07) is 9.74. The second kappa shape index (κ2) is 7.39. The number of ether oxygens (including phenoxy) is 1. The molecule has 0 bridgehead atoms. The van der Waals surface area contributed by atoms with Crippen LogP contribution in [0.25, 0.3) is 21.3 Å². The molecule has 1 aliphatic rings. The molecule has 26 heavy (non-hydrogen) atoms. The lowest BCUT2D eigenvalue weighted by Crippen LogP contribution is -2.36. The first-order valence-electron chi connectivity index (χ1n) is 8.63. The van der Waals surface area contributed by atoms with Crippen LogP contribution >= 0.6 is 11.3 Å². The molecule has 1 amide bonds.